The van der Waals surface area contributed by atoms with E-state index in [0.717, 1.165) is 16.3 Å². The van der Waals surface area contributed by atoms with Gasteiger partial charge in [-0.1, -0.05) is 95.9 Å². The molecule has 232 valence electrons. The van der Waals surface area contributed by atoms with Crippen LogP contribution in [0.25, 0.3) is 0 Å². The van der Waals surface area contributed by atoms with Crippen LogP contribution < -0.4 is 31.4 Å². The van der Waals surface area contributed by atoms with Crippen molar-refractivity contribution in [1.29, 1.82) is 0 Å². The lowest BCUT2D eigenvalue weighted by atomic mass is 9.86. The van der Waals surface area contributed by atoms with E-state index in [0.29, 0.717) is 11.4 Å². The topological polar surface area (TPSA) is 106 Å². The van der Waals surface area contributed by atoms with Gasteiger partial charge in [-0.15, -0.1) is 0 Å². The molecule has 2 aromatic carbocycles. The number of hydrazine groups is 1. The molecule has 0 aliphatic rings. The van der Waals surface area contributed by atoms with Gasteiger partial charge in [-0.2, -0.15) is 0 Å². The molecule has 42 heavy (non-hydrogen) atoms. The number of carbonyl (C=O) groups is 1. The number of nitrogens with two attached hydrogens (primary N) is 2. The molecule has 0 radical (unpaired) electrons. The Kier molecular flexibility index (Phi) is 18.5. The summed E-state index contributed by atoms with van der Waals surface area (Å²) in [5.41, 5.74) is 8.93. The highest BCUT2D eigenvalue weighted by Gasteiger charge is 2.21. The lowest BCUT2D eigenvalue weighted by molar-refractivity contribution is 0.102. The van der Waals surface area contributed by atoms with E-state index < -0.39 is 11.7 Å². The number of allylic oxidation sites excluding steroid dienone is 5. The molecule has 0 aliphatic heterocycles. The highest BCUT2D eigenvalue weighted by atomic mass is 32.2. The normalized spacial score (nSPS) is 11.3. The van der Waals surface area contributed by atoms with Crippen molar-refractivity contribution in [2.45, 2.75) is 66.7 Å². The zero-order chi connectivity index (χ0) is 32.3. The molecule has 9 heteroatoms. The van der Waals surface area contributed by atoms with Crippen LogP contribution in [0, 0.1) is 5.82 Å². The minimum absolute atomic E-state index is 0.0181. The summed E-state index contributed by atoms with van der Waals surface area (Å²) in [5, 5.41) is 3.88. The summed E-state index contributed by atoms with van der Waals surface area (Å²) in [5.74, 6) is 5.25. The van der Waals surface area contributed by atoms with Crippen LogP contribution in [0.4, 0.5) is 21.5 Å². The first-order valence-corrected chi connectivity index (χ1v) is 15.0. The Bertz CT molecular complexity index is 1220. The maximum atomic E-state index is 14.1. The highest BCUT2D eigenvalue weighted by Crippen LogP contribution is 2.39. The van der Waals surface area contributed by atoms with E-state index in [2.05, 4.69) is 64.2 Å². The minimum atomic E-state index is -0.578. The summed E-state index contributed by atoms with van der Waals surface area (Å²) in [7, 11) is 1.54. The fraction of sp³-hybridized carbons (Fsp3) is 0.364. The molecule has 1 amide bonds. The number of nitrogens with zero attached hydrogens (tertiary/aromatic N) is 1. The maximum Gasteiger partial charge on any atom is 0.255 e. The molecule has 0 aliphatic carbocycles. The third-order valence-corrected chi connectivity index (χ3v) is 6.23. The van der Waals surface area contributed by atoms with Crippen molar-refractivity contribution >= 4 is 34.9 Å². The molecular formula is C33H50FN5O2S. The van der Waals surface area contributed by atoms with Crippen molar-refractivity contribution in [3.05, 3.63) is 96.1 Å². The standard InChI is InChI=1S/C21H28FN5O2S.C8H12.C4H10/c1-21(2,3)14-11-16(19(29-4)17(12-14)26-30-5)25-20(28)13-6-7-15(22)18(10-13)27(24)9-8-23;1-4-6-7-8(3)5-2;1-3-4-2/h6-12,26H,23-24H2,1-5H3,(H,25,28);4-7H,1H2,2-3H3;3-4H2,1-2H3/b9-8-;7-6-,8-5-;. The number of amides is 1. The zero-order valence-corrected chi connectivity index (χ0v) is 27.5. The second kappa shape index (κ2) is 20.2. The number of methoxy groups -OCH3 is 1. The summed E-state index contributed by atoms with van der Waals surface area (Å²) in [6.45, 7) is 18.2. The lowest BCUT2D eigenvalue weighted by Crippen LogP contribution is -2.26. The quantitative estimate of drug-likeness (QED) is 0.0937. The Labute approximate surface area is 257 Å². The number of ether oxygens (including phenoxy) is 1. The number of hydrogen-bond acceptors (Lipinski definition) is 7. The lowest BCUT2D eigenvalue weighted by Gasteiger charge is -2.24. The smallest absolute Gasteiger partial charge is 0.255 e. The van der Waals surface area contributed by atoms with Gasteiger partial charge in [0, 0.05) is 24.2 Å². The van der Waals surface area contributed by atoms with Gasteiger partial charge >= 0.3 is 0 Å². The van der Waals surface area contributed by atoms with Gasteiger partial charge in [0.1, 0.15) is 5.82 Å². The van der Waals surface area contributed by atoms with Gasteiger partial charge in [-0.05, 0) is 55.2 Å². The fourth-order valence-corrected chi connectivity index (χ4v) is 3.47. The number of rotatable bonds is 10. The first kappa shape index (κ1) is 38.3. The van der Waals surface area contributed by atoms with Gasteiger partial charge in [0.2, 0.25) is 0 Å². The molecule has 0 atom stereocenters. The second-order valence-corrected chi connectivity index (χ2v) is 10.8. The molecule has 0 saturated carbocycles. The SMILES string of the molecule is C=C/C=C\C(C)=C/C.CCCC.COc1c(NSC)cc(C(C)(C)C)cc1NC(=O)c1ccc(F)c(N(N)/C=C\N)c1. The molecule has 0 bridgehead atoms. The van der Waals surface area contributed by atoms with Crippen molar-refractivity contribution < 1.29 is 13.9 Å². The third kappa shape index (κ3) is 13.3. The average molecular weight is 600 g/mol. The number of unbranched alkanes of at least 4 members (excludes halogenated alkanes) is 1. The molecule has 0 aromatic heterocycles. The maximum absolute atomic E-state index is 14.1. The largest absolute Gasteiger partial charge is 0.492 e. The number of carbonyl (C=O) groups excluding carboxylic acids is 1. The highest BCUT2D eigenvalue weighted by molar-refractivity contribution is 7.99. The molecule has 2 aromatic rings. The Morgan fingerprint density at radius 1 is 1.17 bits per heavy atom. The van der Waals surface area contributed by atoms with Crippen LogP contribution >= 0.6 is 11.9 Å². The van der Waals surface area contributed by atoms with Gasteiger partial charge in [0.05, 0.1) is 24.2 Å². The summed E-state index contributed by atoms with van der Waals surface area (Å²) >= 11 is 1.42. The Hall–Kier alpha value is -3.69. The predicted molar refractivity (Wildman–Crippen MR) is 183 cm³/mol. The Balaban J connectivity index is 0.00000118. The third-order valence-electron chi connectivity index (χ3n) is 5.80. The first-order valence-electron chi connectivity index (χ1n) is 13.8. The van der Waals surface area contributed by atoms with Crippen LogP contribution in [0.5, 0.6) is 5.75 Å². The number of anilines is 3. The number of halogens is 1. The van der Waals surface area contributed by atoms with Gasteiger partial charge < -0.3 is 20.5 Å². The molecular weight excluding hydrogens is 549 g/mol. The summed E-state index contributed by atoms with van der Waals surface area (Å²) in [6, 6.07) is 7.78. The van der Waals surface area contributed by atoms with Crippen molar-refractivity contribution in [2.75, 3.05) is 28.4 Å². The molecule has 6 N–H and O–H groups in total. The van der Waals surface area contributed by atoms with E-state index >= 15 is 0 Å². The summed E-state index contributed by atoms with van der Waals surface area (Å²) in [6.07, 6.45) is 14.8. The molecule has 0 unspecified atom stereocenters. The molecule has 2 rings (SSSR count). The molecule has 0 fully saturated rings. The van der Waals surface area contributed by atoms with Gasteiger partial charge in [0.25, 0.3) is 5.91 Å². The van der Waals surface area contributed by atoms with E-state index in [4.69, 9.17) is 16.3 Å². The average Bonchev–Trinajstić information content (AvgIpc) is 2.96. The van der Waals surface area contributed by atoms with E-state index in [1.54, 1.807) is 6.08 Å². The van der Waals surface area contributed by atoms with Gasteiger partial charge in [0.15, 0.2) is 5.75 Å². The number of hydrogen-bond donors (Lipinski definition) is 4. The monoisotopic (exact) mass is 599 g/mol. The van der Waals surface area contributed by atoms with Gasteiger partial charge in [-0.3, -0.25) is 9.80 Å². The van der Waals surface area contributed by atoms with E-state index in [9.17, 15) is 9.18 Å². The summed E-state index contributed by atoms with van der Waals surface area (Å²) < 4.78 is 22.8. The van der Waals surface area contributed by atoms with E-state index in [1.807, 2.05) is 37.5 Å². The second-order valence-electron chi connectivity index (χ2n) is 10.2. The van der Waals surface area contributed by atoms with Gasteiger partial charge in [-0.25, -0.2) is 10.2 Å². The Morgan fingerprint density at radius 3 is 2.26 bits per heavy atom. The van der Waals surface area contributed by atoms with Crippen LogP contribution in [0.1, 0.15) is 77.2 Å². The molecule has 0 spiro atoms. The predicted octanol–water partition coefficient (Wildman–Crippen LogP) is 8.69. The molecule has 0 saturated heterocycles. The van der Waals surface area contributed by atoms with E-state index in [-0.39, 0.29) is 16.7 Å². The minimum Gasteiger partial charge on any atom is -0.492 e. The summed E-state index contributed by atoms with van der Waals surface area (Å²) in [4.78, 5) is 12.9. The number of benzene rings is 2. The van der Waals surface area contributed by atoms with Crippen LogP contribution in [0.2, 0.25) is 0 Å². The number of nitrogens with one attached hydrogen (secondary N) is 2. The zero-order valence-electron chi connectivity index (χ0n) is 26.7. The van der Waals surface area contributed by atoms with Crippen molar-refractivity contribution in [3.63, 3.8) is 0 Å². The van der Waals surface area contributed by atoms with Crippen LogP contribution in [0.3, 0.4) is 0 Å². The molecule has 7 nitrogen and oxygen atoms in total. The van der Waals surface area contributed by atoms with E-state index in [1.165, 1.54) is 68.1 Å². The molecule has 0 heterocycles. The Morgan fingerprint density at radius 2 is 1.79 bits per heavy atom. The van der Waals surface area contributed by atoms with Crippen molar-refractivity contribution in [2.24, 2.45) is 11.6 Å². The van der Waals surface area contributed by atoms with Crippen LogP contribution in [0.15, 0.2) is 79.2 Å². The van der Waals surface area contributed by atoms with Crippen LogP contribution in [-0.4, -0.2) is 19.3 Å². The fourth-order valence-electron chi connectivity index (χ4n) is 3.10. The van der Waals surface area contributed by atoms with Crippen molar-refractivity contribution in [1.82, 2.24) is 0 Å². The first-order chi connectivity index (χ1) is 19.8. The van der Waals surface area contributed by atoms with Crippen molar-refractivity contribution in [3.8, 4) is 5.75 Å². The van der Waals surface area contributed by atoms with Crippen LogP contribution in [-0.2, 0) is 5.41 Å².